The van der Waals surface area contributed by atoms with Crippen molar-refractivity contribution in [3.63, 3.8) is 0 Å². The summed E-state index contributed by atoms with van der Waals surface area (Å²) in [5.41, 5.74) is 6.83. The SMILES string of the molecule is CC(C)CN(CCC#N)C(=O)c1cccc(N)c1. The maximum atomic E-state index is 12.3. The maximum Gasteiger partial charge on any atom is 0.253 e. The van der Waals surface area contributed by atoms with E-state index in [9.17, 15) is 4.79 Å². The normalized spacial score (nSPS) is 10.1. The Morgan fingerprint density at radius 1 is 1.50 bits per heavy atom. The predicted molar refractivity (Wildman–Crippen MR) is 71.8 cm³/mol. The van der Waals surface area contributed by atoms with E-state index in [1.165, 1.54) is 0 Å². The monoisotopic (exact) mass is 245 g/mol. The lowest BCUT2D eigenvalue weighted by molar-refractivity contribution is 0.0740. The van der Waals surface area contributed by atoms with E-state index in [1.54, 1.807) is 29.2 Å². The van der Waals surface area contributed by atoms with Gasteiger partial charge in [0.1, 0.15) is 0 Å². The predicted octanol–water partition coefficient (Wildman–Crippen LogP) is 2.28. The number of nitriles is 1. The Kier molecular flexibility index (Phi) is 5.19. The molecule has 1 amide bonds. The molecule has 96 valence electrons. The van der Waals surface area contributed by atoms with Gasteiger partial charge in [0, 0.05) is 24.3 Å². The third kappa shape index (κ3) is 4.10. The first kappa shape index (κ1) is 14.0. The van der Waals surface area contributed by atoms with E-state index in [4.69, 9.17) is 11.0 Å². The van der Waals surface area contributed by atoms with Crippen LogP contribution in [-0.2, 0) is 0 Å². The van der Waals surface area contributed by atoms with E-state index in [2.05, 4.69) is 6.07 Å². The van der Waals surface area contributed by atoms with Crippen molar-refractivity contribution < 1.29 is 4.79 Å². The number of anilines is 1. The van der Waals surface area contributed by atoms with Crippen molar-refractivity contribution in [2.24, 2.45) is 5.92 Å². The molecule has 4 heteroatoms. The summed E-state index contributed by atoms with van der Waals surface area (Å²) in [6.45, 7) is 5.20. The van der Waals surface area contributed by atoms with Gasteiger partial charge in [0.2, 0.25) is 0 Å². The van der Waals surface area contributed by atoms with E-state index in [-0.39, 0.29) is 5.91 Å². The fraction of sp³-hybridized carbons (Fsp3) is 0.429. The Morgan fingerprint density at radius 3 is 2.78 bits per heavy atom. The fourth-order valence-corrected chi connectivity index (χ4v) is 1.76. The van der Waals surface area contributed by atoms with Crippen LogP contribution in [0.4, 0.5) is 5.69 Å². The molecule has 1 aromatic carbocycles. The number of benzene rings is 1. The highest BCUT2D eigenvalue weighted by molar-refractivity contribution is 5.95. The van der Waals surface area contributed by atoms with Crippen molar-refractivity contribution in [2.45, 2.75) is 20.3 Å². The summed E-state index contributed by atoms with van der Waals surface area (Å²) in [5, 5.41) is 8.64. The number of hydrogen-bond acceptors (Lipinski definition) is 3. The Hall–Kier alpha value is -2.02. The van der Waals surface area contributed by atoms with Gasteiger partial charge in [0.05, 0.1) is 12.5 Å². The Morgan fingerprint density at radius 2 is 2.22 bits per heavy atom. The van der Waals surface area contributed by atoms with Crippen LogP contribution in [0.3, 0.4) is 0 Å². The average molecular weight is 245 g/mol. The molecule has 18 heavy (non-hydrogen) atoms. The smallest absolute Gasteiger partial charge is 0.253 e. The second-order valence-corrected chi connectivity index (χ2v) is 4.68. The van der Waals surface area contributed by atoms with Crippen LogP contribution < -0.4 is 5.73 Å². The van der Waals surface area contributed by atoms with Gasteiger partial charge in [-0.3, -0.25) is 4.79 Å². The minimum Gasteiger partial charge on any atom is -0.399 e. The summed E-state index contributed by atoms with van der Waals surface area (Å²) in [7, 11) is 0. The van der Waals surface area contributed by atoms with Crippen LogP contribution in [0.25, 0.3) is 0 Å². The highest BCUT2D eigenvalue weighted by Gasteiger charge is 2.16. The average Bonchev–Trinajstić information content (AvgIpc) is 2.33. The van der Waals surface area contributed by atoms with Gasteiger partial charge in [-0.25, -0.2) is 0 Å². The first-order chi connectivity index (χ1) is 8.54. The molecule has 0 unspecified atom stereocenters. The summed E-state index contributed by atoms with van der Waals surface area (Å²) in [6, 6.07) is 9.00. The number of carbonyl (C=O) groups is 1. The maximum absolute atomic E-state index is 12.3. The lowest BCUT2D eigenvalue weighted by atomic mass is 10.1. The summed E-state index contributed by atoms with van der Waals surface area (Å²) >= 11 is 0. The van der Waals surface area contributed by atoms with Gasteiger partial charge in [-0.2, -0.15) is 5.26 Å². The summed E-state index contributed by atoms with van der Waals surface area (Å²) in [6.07, 6.45) is 0.348. The van der Waals surface area contributed by atoms with Crippen LogP contribution in [-0.4, -0.2) is 23.9 Å². The second-order valence-electron chi connectivity index (χ2n) is 4.68. The zero-order valence-corrected chi connectivity index (χ0v) is 10.9. The number of hydrogen-bond donors (Lipinski definition) is 1. The molecule has 0 spiro atoms. The fourth-order valence-electron chi connectivity index (χ4n) is 1.76. The van der Waals surface area contributed by atoms with Crippen LogP contribution >= 0.6 is 0 Å². The molecular formula is C14H19N3O. The zero-order valence-electron chi connectivity index (χ0n) is 10.9. The molecule has 0 bridgehead atoms. The molecule has 0 saturated heterocycles. The van der Waals surface area contributed by atoms with Crippen LogP contribution in [0.15, 0.2) is 24.3 Å². The van der Waals surface area contributed by atoms with Crippen molar-refractivity contribution in [1.82, 2.24) is 4.90 Å². The van der Waals surface area contributed by atoms with Crippen LogP contribution in [0.5, 0.6) is 0 Å². The van der Waals surface area contributed by atoms with Crippen molar-refractivity contribution in [1.29, 1.82) is 5.26 Å². The quantitative estimate of drug-likeness (QED) is 0.809. The number of nitrogens with two attached hydrogens (primary N) is 1. The summed E-state index contributed by atoms with van der Waals surface area (Å²) in [4.78, 5) is 14.0. The molecule has 0 atom stereocenters. The van der Waals surface area contributed by atoms with Gasteiger partial charge in [-0.1, -0.05) is 19.9 Å². The van der Waals surface area contributed by atoms with Gasteiger partial charge < -0.3 is 10.6 Å². The Labute approximate surface area is 108 Å². The van der Waals surface area contributed by atoms with E-state index in [0.29, 0.717) is 36.7 Å². The van der Waals surface area contributed by atoms with Crippen LogP contribution in [0.2, 0.25) is 0 Å². The van der Waals surface area contributed by atoms with E-state index >= 15 is 0 Å². The highest BCUT2D eigenvalue weighted by atomic mass is 16.2. The van der Waals surface area contributed by atoms with Gasteiger partial charge in [0.25, 0.3) is 5.91 Å². The molecule has 2 N–H and O–H groups in total. The minimum absolute atomic E-state index is 0.0637. The van der Waals surface area contributed by atoms with E-state index < -0.39 is 0 Å². The van der Waals surface area contributed by atoms with Crippen molar-refractivity contribution in [3.05, 3.63) is 29.8 Å². The zero-order chi connectivity index (χ0) is 13.5. The molecule has 0 aliphatic heterocycles. The molecule has 1 rings (SSSR count). The van der Waals surface area contributed by atoms with Crippen molar-refractivity contribution in [2.75, 3.05) is 18.8 Å². The number of nitrogen functional groups attached to an aromatic ring is 1. The standard InChI is InChI=1S/C14H19N3O/c1-11(2)10-17(8-4-7-15)14(18)12-5-3-6-13(16)9-12/h3,5-6,9,11H,4,8,10,16H2,1-2H3. The van der Waals surface area contributed by atoms with E-state index in [0.717, 1.165) is 0 Å². The third-order valence-electron chi connectivity index (χ3n) is 2.50. The summed E-state index contributed by atoms with van der Waals surface area (Å²) < 4.78 is 0. The third-order valence-corrected chi connectivity index (χ3v) is 2.50. The topological polar surface area (TPSA) is 70.1 Å². The molecule has 1 aromatic rings. The number of rotatable bonds is 5. The largest absolute Gasteiger partial charge is 0.399 e. The molecule has 0 heterocycles. The number of amides is 1. The first-order valence-electron chi connectivity index (χ1n) is 6.06. The van der Waals surface area contributed by atoms with Crippen molar-refractivity contribution in [3.8, 4) is 6.07 Å². The minimum atomic E-state index is -0.0637. The van der Waals surface area contributed by atoms with Crippen LogP contribution in [0, 0.1) is 17.2 Å². The molecule has 0 aromatic heterocycles. The molecule has 0 radical (unpaired) electrons. The molecule has 0 aliphatic rings. The van der Waals surface area contributed by atoms with Crippen molar-refractivity contribution >= 4 is 11.6 Å². The second kappa shape index (κ2) is 6.65. The summed E-state index contributed by atoms with van der Waals surface area (Å²) in [5.74, 6) is 0.306. The highest BCUT2D eigenvalue weighted by Crippen LogP contribution is 2.11. The Balaban J connectivity index is 2.84. The number of nitrogens with zero attached hydrogens (tertiary/aromatic N) is 2. The first-order valence-corrected chi connectivity index (χ1v) is 6.06. The molecule has 4 nitrogen and oxygen atoms in total. The molecule has 0 fully saturated rings. The van der Waals surface area contributed by atoms with Crippen LogP contribution in [0.1, 0.15) is 30.6 Å². The van der Waals surface area contributed by atoms with Gasteiger partial charge in [-0.05, 0) is 24.1 Å². The molecule has 0 saturated carbocycles. The van der Waals surface area contributed by atoms with Gasteiger partial charge in [-0.15, -0.1) is 0 Å². The number of carbonyl (C=O) groups excluding carboxylic acids is 1. The van der Waals surface area contributed by atoms with Gasteiger partial charge >= 0.3 is 0 Å². The van der Waals surface area contributed by atoms with E-state index in [1.807, 2.05) is 13.8 Å². The lowest BCUT2D eigenvalue weighted by Crippen LogP contribution is -2.35. The van der Waals surface area contributed by atoms with Gasteiger partial charge in [0.15, 0.2) is 0 Å². The Bertz CT molecular complexity index is 449. The molecule has 0 aliphatic carbocycles. The lowest BCUT2D eigenvalue weighted by Gasteiger charge is -2.23. The molecular weight excluding hydrogens is 226 g/mol.